The minimum absolute atomic E-state index is 0.220. The molecule has 0 fully saturated rings. The maximum absolute atomic E-state index is 5.67. The van der Waals surface area contributed by atoms with Gasteiger partial charge in [-0.05, 0) is 35.9 Å². The van der Waals surface area contributed by atoms with Gasteiger partial charge in [0.15, 0.2) is 0 Å². The van der Waals surface area contributed by atoms with Crippen molar-refractivity contribution in [2.45, 2.75) is 0 Å². The fourth-order valence-corrected chi connectivity index (χ4v) is 3.08. The molecule has 0 aliphatic carbocycles. The van der Waals surface area contributed by atoms with Gasteiger partial charge >= 0.3 is 0 Å². The molecule has 3 aromatic heterocycles. The van der Waals surface area contributed by atoms with E-state index in [1.807, 2.05) is 30.3 Å². The Bertz CT molecular complexity index is 1280. The lowest BCUT2D eigenvalue weighted by Gasteiger charge is -2.10. The highest BCUT2D eigenvalue weighted by molar-refractivity contribution is 5.98. The van der Waals surface area contributed by atoms with E-state index in [2.05, 4.69) is 35.5 Å². The first-order valence-corrected chi connectivity index (χ1v) is 8.30. The second kappa shape index (κ2) is 6.03. The first-order chi connectivity index (χ1) is 13.3. The second-order valence-electron chi connectivity index (χ2n) is 6.04. The zero-order valence-corrected chi connectivity index (χ0v) is 14.1. The SMILES string of the molecule is Nc1nccc(Nc2cc(-c3ccc4nccnc4c3)c3[nH]ncc3c2)n1. The van der Waals surface area contributed by atoms with Crippen LogP contribution in [0.25, 0.3) is 33.1 Å². The van der Waals surface area contributed by atoms with Gasteiger partial charge in [-0.15, -0.1) is 0 Å². The maximum atomic E-state index is 5.67. The third kappa shape index (κ3) is 2.78. The Morgan fingerprint density at radius 1 is 0.889 bits per heavy atom. The van der Waals surface area contributed by atoms with Gasteiger partial charge in [0.2, 0.25) is 5.95 Å². The van der Waals surface area contributed by atoms with Crippen molar-refractivity contribution >= 4 is 39.4 Å². The van der Waals surface area contributed by atoms with Crippen LogP contribution in [0.5, 0.6) is 0 Å². The molecule has 8 heteroatoms. The number of nitrogens with two attached hydrogens (primary N) is 1. The van der Waals surface area contributed by atoms with Gasteiger partial charge in [0.05, 0.1) is 22.7 Å². The van der Waals surface area contributed by atoms with Gasteiger partial charge < -0.3 is 11.1 Å². The molecule has 2 aromatic carbocycles. The first-order valence-electron chi connectivity index (χ1n) is 8.30. The van der Waals surface area contributed by atoms with Crippen LogP contribution in [0, 0.1) is 0 Å². The lowest BCUT2D eigenvalue weighted by molar-refractivity contribution is 1.12. The van der Waals surface area contributed by atoms with E-state index in [-0.39, 0.29) is 5.95 Å². The van der Waals surface area contributed by atoms with Crippen molar-refractivity contribution in [2.75, 3.05) is 11.1 Å². The summed E-state index contributed by atoms with van der Waals surface area (Å²) < 4.78 is 0. The summed E-state index contributed by atoms with van der Waals surface area (Å²) in [5.41, 5.74) is 11.2. The largest absolute Gasteiger partial charge is 0.368 e. The monoisotopic (exact) mass is 354 g/mol. The van der Waals surface area contributed by atoms with E-state index in [1.54, 1.807) is 30.9 Å². The molecular weight excluding hydrogens is 340 g/mol. The number of rotatable bonds is 3. The smallest absolute Gasteiger partial charge is 0.221 e. The predicted octanol–water partition coefficient (Wildman–Crippen LogP) is 3.29. The average molecular weight is 354 g/mol. The van der Waals surface area contributed by atoms with Crippen molar-refractivity contribution in [1.82, 2.24) is 30.1 Å². The molecule has 0 aliphatic rings. The quantitative estimate of drug-likeness (QED) is 0.455. The zero-order chi connectivity index (χ0) is 18.2. The summed E-state index contributed by atoms with van der Waals surface area (Å²) in [7, 11) is 0. The number of hydrogen-bond acceptors (Lipinski definition) is 7. The van der Waals surface area contributed by atoms with E-state index in [0.29, 0.717) is 5.82 Å². The van der Waals surface area contributed by atoms with Crippen LogP contribution in [0.4, 0.5) is 17.5 Å². The topological polar surface area (TPSA) is 118 Å². The fourth-order valence-electron chi connectivity index (χ4n) is 3.08. The van der Waals surface area contributed by atoms with Gasteiger partial charge in [-0.25, -0.2) is 4.98 Å². The first kappa shape index (κ1) is 15.2. The van der Waals surface area contributed by atoms with Crippen LogP contribution in [0.3, 0.4) is 0 Å². The third-order valence-electron chi connectivity index (χ3n) is 4.28. The summed E-state index contributed by atoms with van der Waals surface area (Å²) in [5, 5.41) is 11.5. The lowest BCUT2D eigenvalue weighted by Crippen LogP contribution is -1.99. The number of aromatic amines is 1. The van der Waals surface area contributed by atoms with Crippen LogP contribution < -0.4 is 11.1 Å². The molecule has 130 valence electrons. The number of aromatic nitrogens is 6. The summed E-state index contributed by atoms with van der Waals surface area (Å²) in [5.74, 6) is 0.846. The molecule has 5 aromatic rings. The molecule has 0 spiro atoms. The molecule has 4 N–H and O–H groups in total. The Morgan fingerprint density at radius 3 is 2.67 bits per heavy atom. The molecule has 0 saturated carbocycles. The van der Waals surface area contributed by atoms with E-state index in [1.165, 1.54) is 0 Å². The highest BCUT2D eigenvalue weighted by Crippen LogP contribution is 2.32. The van der Waals surface area contributed by atoms with Gasteiger partial charge in [0.1, 0.15) is 5.82 Å². The summed E-state index contributed by atoms with van der Waals surface area (Å²) in [4.78, 5) is 16.8. The standard InChI is InChI=1S/C19H14N8/c20-19-23-4-3-17(26-19)25-13-7-12-10-24-27-18(12)14(9-13)11-1-2-15-16(8-11)22-6-5-21-15/h1-10H,(H,24,27)(H3,20,23,25,26). The number of nitrogens with zero attached hydrogens (tertiary/aromatic N) is 5. The van der Waals surface area contributed by atoms with Crippen LogP contribution >= 0.6 is 0 Å². The molecule has 0 aliphatic heterocycles. The number of hydrogen-bond donors (Lipinski definition) is 3. The van der Waals surface area contributed by atoms with Crippen LogP contribution in [-0.4, -0.2) is 30.1 Å². The fraction of sp³-hybridized carbons (Fsp3) is 0. The van der Waals surface area contributed by atoms with Crippen LogP contribution in [0.2, 0.25) is 0 Å². The van der Waals surface area contributed by atoms with Crippen LogP contribution in [0.1, 0.15) is 0 Å². The highest BCUT2D eigenvalue weighted by atomic mass is 15.1. The molecule has 0 atom stereocenters. The van der Waals surface area contributed by atoms with Gasteiger partial charge in [0, 0.05) is 35.2 Å². The minimum Gasteiger partial charge on any atom is -0.368 e. The maximum Gasteiger partial charge on any atom is 0.221 e. The van der Waals surface area contributed by atoms with Crippen molar-refractivity contribution in [2.24, 2.45) is 0 Å². The molecule has 0 radical (unpaired) electrons. The minimum atomic E-state index is 0.220. The molecule has 3 heterocycles. The van der Waals surface area contributed by atoms with E-state index >= 15 is 0 Å². The van der Waals surface area contributed by atoms with Gasteiger partial charge in [-0.2, -0.15) is 10.1 Å². The molecule has 0 saturated heterocycles. The number of benzene rings is 2. The average Bonchev–Trinajstić information content (AvgIpc) is 3.15. The van der Waals surface area contributed by atoms with Gasteiger partial charge in [0.25, 0.3) is 0 Å². The zero-order valence-electron chi connectivity index (χ0n) is 14.1. The molecule has 5 rings (SSSR count). The number of nitrogens with one attached hydrogen (secondary N) is 2. The normalized spacial score (nSPS) is 11.1. The molecule has 0 amide bonds. The molecule has 27 heavy (non-hydrogen) atoms. The number of fused-ring (bicyclic) bond motifs is 2. The number of nitrogen functional groups attached to an aromatic ring is 1. The Kier molecular flexibility index (Phi) is 3.39. The number of anilines is 3. The van der Waals surface area contributed by atoms with E-state index in [9.17, 15) is 0 Å². The van der Waals surface area contributed by atoms with Gasteiger partial charge in [-0.3, -0.25) is 15.1 Å². The summed E-state index contributed by atoms with van der Waals surface area (Å²) in [6.07, 6.45) is 6.78. The Labute approximate surface area is 153 Å². The third-order valence-corrected chi connectivity index (χ3v) is 4.28. The molecule has 0 unspecified atom stereocenters. The Hall–Kier alpha value is -4.07. The second-order valence-corrected chi connectivity index (χ2v) is 6.04. The van der Waals surface area contributed by atoms with E-state index < -0.39 is 0 Å². The van der Waals surface area contributed by atoms with Gasteiger partial charge in [-0.1, -0.05) is 6.07 Å². The molecular formula is C19H14N8. The van der Waals surface area contributed by atoms with Crippen molar-refractivity contribution in [3.8, 4) is 11.1 Å². The van der Waals surface area contributed by atoms with Crippen LogP contribution in [-0.2, 0) is 0 Å². The summed E-state index contributed by atoms with van der Waals surface area (Å²) >= 11 is 0. The highest BCUT2D eigenvalue weighted by Gasteiger charge is 2.10. The number of H-pyrrole nitrogens is 1. The van der Waals surface area contributed by atoms with Crippen molar-refractivity contribution in [3.05, 3.63) is 61.2 Å². The van der Waals surface area contributed by atoms with Crippen molar-refractivity contribution in [1.29, 1.82) is 0 Å². The summed E-state index contributed by atoms with van der Waals surface area (Å²) in [6, 6.07) is 11.8. The van der Waals surface area contributed by atoms with E-state index in [4.69, 9.17) is 5.73 Å². The Morgan fingerprint density at radius 2 is 1.78 bits per heavy atom. The van der Waals surface area contributed by atoms with Crippen molar-refractivity contribution < 1.29 is 0 Å². The lowest BCUT2D eigenvalue weighted by atomic mass is 10.0. The Balaban J connectivity index is 1.65. The molecule has 0 bridgehead atoms. The van der Waals surface area contributed by atoms with Crippen LogP contribution in [0.15, 0.2) is 61.2 Å². The summed E-state index contributed by atoms with van der Waals surface area (Å²) in [6.45, 7) is 0. The molecule has 8 nitrogen and oxygen atoms in total. The van der Waals surface area contributed by atoms with Crippen molar-refractivity contribution in [3.63, 3.8) is 0 Å². The van der Waals surface area contributed by atoms with E-state index in [0.717, 1.165) is 38.8 Å². The predicted molar refractivity (Wildman–Crippen MR) is 104 cm³/mol.